The quantitative estimate of drug-likeness (QED) is 0.428. The van der Waals surface area contributed by atoms with Crippen LogP contribution in [-0.2, 0) is 4.79 Å². The Hall–Kier alpha value is -3.48. The molecule has 180 valence electrons. The molecule has 2 aromatic carbocycles. The van der Waals surface area contributed by atoms with Crippen LogP contribution in [0.4, 0.5) is 8.78 Å². The van der Waals surface area contributed by atoms with Gasteiger partial charge in [-0.2, -0.15) is 0 Å². The van der Waals surface area contributed by atoms with Gasteiger partial charge >= 0.3 is 5.97 Å². The Bertz CT molecular complexity index is 1050. The van der Waals surface area contributed by atoms with Crippen LogP contribution in [0, 0.1) is 29.4 Å². The predicted molar refractivity (Wildman–Crippen MR) is 125 cm³/mol. The first kappa shape index (κ1) is 25.1. The van der Waals surface area contributed by atoms with E-state index >= 15 is 0 Å². The summed E-state index contributed by atoms with van der Waals surface area (Å²) in [7, 11) is 0. The van der Waals surface area contributed by atoms with Gasteiger partial charge in [0.1, 0.15) is 0 Å². The van der Waals surface area contributed by atoms with E-state index in [1.54, 1.807) is 0 Å². The normalized spacial score (nSPS) is 21.4. The third-order valence-electron chi connectivity index (χ3n) is 6.49. The van der Waals surface area contributed by atoms with Crippen molar-refractivity contribution >= 4 is 11.9 Å². The van der Waals surface area contributed by atoms with Gasteiger partial charge in [0.15, 0.2) is 17.4 Å². The molecule has 0 spiro atoms. The largest absolute Gasteiger partial charge is 0.503 e. The summed E-state index contributed by atoms with van der Waals surface area (Å²) in [6.45, 7) is 5.70. The van der Waals surface area contributed by atoms with Crippen molar-refractivity contribution in [1.82, 2.24) is 5.32 Å². The van der Waals surface area contributed by atoms with Crippen molar-refractivity contribution in [3.63, 3.8) is 0 Å². The number of carboxylic acids is 1. The first-order valence-electron chi connectivity index (χ1n) is 11.3. The standard InChI is InChI=1S/C27H29F2NO4/c1-3-17(27(33)34)12-22(30-26(32)21-14-23(28)25(31)24(29)15-21)13-19-9-10-20(11-16(19)2)18-7-5-4-6-8-18/h3-10,14-17,19-20,22,31H,1,11-13H2,2H3,(H,30,32)(H,33,34)/t16?,17-,19?,20?,22+/m1/s1. The molecule has 5 atom stereocenters. The number of nitrogens with one attached hydrogen (secondary N) is 1. The SMILES string of the molecule is C=C[C@H](C[C@@H](CC1C=CC(c2ccccc2)CC1C)NC(=O)c1cc(F)c(O)c(F)c1)C(=O)O. The lowest BCUT2D eigenvalue weighted by atomic mass is 9.74. The fourth-order valence-electron chi connectivity index (χ4n) is 4.49. The van der Waals surface area contributed by atoms with E-state index in [-0.39, 0.29) is 29.7 Å². The smallest absolute Gasteiger partial charge is 0.310 e. The van der Waals surface area contributed by atoms with Crippen molar-refractivity contribution in [1.29, 1.82) is 0 Å². The molecule has 1 aliphatic rings. The van der Waals surface area contributed by atoms with Crippen molar-refractivity contribution in [3.05, 3.63) is 90.0 Å². The molecule has 0 bridgehead atoms. The summed E-state index contributed by atoms with van der Waals surface area (Å²) in [5, 5.41) is 21.5. The van der Waals surface area contributed by atoms with E-state index in [1.165, 1.54) is 11.6 Å². The maximum absolute atomic E-state index is 13.7. The number of phenolic OH excluding ortho intramolecular Hbond substituents is 1. The Labute approximate surface area is 197 Å². The summed E-state index contributed by atoms with van der Waals surface area (Å²) in [6, 6.07) is 11.1. The predicted octanol–water partition coefficient (Wildman–Crippen LogP) is 5.43. The van der Waals surface area contributed by atoms with E-state index in [1.807, 2.05) is 18.2 Å². The van der Waals surface area contributed by atoms with Crippen LogP contribution in [0.5, 0.6) is 5.75 Å². The Kier molecular flexibility index (Phi) is 8.21. The molecule has 2 aromatic rings. The van der Waals surface area contributed by atoms with Gasteiger partial charge in [-0.05, 0) is 48.8 Å². The molecule has 0 heterocycles. The highest BCUT2D eigenvalue weighted by Gasteiger charge is 2.29. The van der Waals surface area contributed by atoms with Gasteiger partial charge in [-0.15, -0.1) is 6.58 Å². The second-order valence-corrected chi connectivity index (χ2v) is 8.89. The van der Waals surface area contributed by atoms with Crippen LogP contribution >= 0.6 is 0 Å². The molecule has 34 heavy (non-hydrogen) atoms. The minimum atomic E-state index is -1.24. The van der Waals surface area contributed by atoms with Crippen molar-refractivity contribution in [3.8, 4) is 5.75 Å². The van der Waals surface area contributed by atoms with Gasteiger partial charge < -0.3 is 15.5 Å². The number of hydrogen-bond acceptors (Lipinski definition) is 3. The first-order chi connectivity index (χ1) is 16.2. The molecule has 3 N–H and O–H groups in total. The number of amides is 1. The fraction of sp³-hybridized carbons (Fsp3) is 0.333. The summed E-state index contributed by atoms with van der Waals surface area (Å²) in [5.41, 5.74) is 0.933. The van der Waals surface area contributed by atoms with Gasteiger partial charge in [0.05, 0.1) is 5.92 Å². The number of carbonyl (C=O) groups excluding carboxylic acids is 1. The number of aliphatic carboxylic acids is 1. The highest BCUT2D eigenvalue weighted by Crippen LogP contribution is 2.37. The van der Waals surface area contributed by atoms with Crippen molar-refractivity contribution < 1.29 is 28.6 Å². The van der Waals surface area contributed by atoms with Crippen molar-refractivity contribution in [2.45, 2.75) is 38.1 Å². The van der Waals surface area contributed by atoms with Crippen LogP contribution in [0.1, 0.15) is 48.0 Å². The zero-order valence-corrected chi connectivity index (χ0v) is 19.0. The molecule has 0 saturated carbocycles. The van der Waals surface area contributed by atoms with Crippen LogP contribution in [0.3, 0.4) is 0 Å². The summed E-state index contributed by atoms with van der Waals surface area (Å²) in [5.74, 6) is -5.71. The molecular formula is C27H29F2NO4. The number of hydrogen-bond donors (Lipinski definition) is 3. The molecule has 0 radical (unpaired) electrons. The number of carboxylic acid groups (broad SMARTS) is 1. The van der Waals surface area contributed by atoms with Crippen molar-refractivity contribution in [2.24, 2.45) is 17.8 Å². The van der Waals surface area contributed by atoms with Crippen molar-refractivity contribution in [2.75, 3.05) is 0 Å². The van der Waals surface area contributed by atoms with Crippen LogP contribution in [0.25, 0.3) is 0 Å². The Morgan fingerprint density at radius 2 is 1.82 bits per heavy atom. The highest BCUT2D eigenvalue weighted by atomic mass is 19.1. The monoisotopic (exact) mass is 469 g/mol. The number of halogens is 2. The number of allylic oxidation sites excluding steroid dienone is 2. The summed E-state index contributed by atoms with van der Waals surface area (Å²) in [6.07, 6.45) is 7.02. The second-order valence-electron chi connectivity index (χ2n) is 8.89. The molecule has 1 amide bonds. The lowest BCUT2D eigenvalue weighted by Gasteiger charge is -2.33. The van der Waals surface area contributed by atoms with E-state index in [9.17, 15) is 28.6 Å². The highest BCUT2D eigenvalue weighted by molar-refractivity contribution is 5.94. The molecule has 0 aliphatic heterocycles. The molecule has 5 nitrogen and oxygen atoms in total. The molecule has 3 rings (SSSR count). The Balaban J connectivity index is 1.78. The summed E-state index contributed by atoms with van der Waals surface area (Å²) >= 11 is 0. The fourth-order valence-corrected chi connectivity index (χ4v) is 4.49. The number of carbonyl (C=O) groups is 2. The minimum Gasteiger partial charge on any atom is -0.503 e. The third kappa shape index (κ3) is 6.10. The average Bonchev–Trinajstić information content (AvgIpc) is 2.81. The molecule has 1 aliphatic carbocycles. The van der Waals surface area contributed by atoms with E-state index in [2.05, 4.69) is 43.1 Å². The Morgan fingerprint density at radius 1 is 1.18 bits per heavy atom. The summed E-state index contributed by atoms with van der Waals surface area (Å²) in [4.78, 5) is 24.3. The van der Waals surface area contributed by atoms with Gasteiger partial charge in [0.2, 0.25) is 0 Å². The zero-order valence-electron chi connectivity index (χ0n) is 19.0. The van der Waals surface area contributed by atoms with Gasteiger partial charge in [-0.3, -0.25) is 9.59 Å². The van der Waals surface area contributed by atoms with E-state index in [4.69, 9.17) is 0 Å². The van der Waals surface area contributed by atoms with Gasteiger partial charge in [-0.25, -0.2) is 8.78 Å². The molecule has 0 aromatic heterocycles. The first-order valence-corrected chi connectivity index (χ1v) is 11.3. The van der Waals surface area contributed by atoms with E-state index in [0.29, 0.717) is 6.42 Å². The molecule has 0 saturated heterocycles. The number of phenols is 1. The van der Waals surface area contributed by atoms with Gasteiger partial charge in [0, 0.05) is 17.5 Å². The molecular weight excluding hydrogens is 440 g/mol. The number of benzene rings is 2. The average molecular weight is 470 g/mol. The van der Waals surface area contributed by atoms with Gasteiger partial charge in [0.25, 0.3) is 5.91 Å². The number of rotatable bonds is 9. The van der Waals surface area contributed by atoms with Crippen LogP contribution in [-0.4, -0.2) is 28.1 Å². The van der Waals surface area contributed by atoms with E-state index in [0.717, 1.165) is 18.6 Å². The lowest BCUT2D eigenvalue weighted by Crippen LogP contribution is -2.39. The maximum Gasteiger partial charge on any atom is 0.310 e. The second kappa shape index (κ2) is 11.1. The molecule has 3 unspecified atom stereocenters. The topological polar surface area (TPSA) is 86.6 Å². The van der Waals surface area contributed by atoms with Crippen LogP contribution in [0.15, 0.2) is 67.3 Å². The maximum atomic E-state index is 13.7. The summed E-state index contributed by atoms with van der Waals surface area (Å²) < 4.78 is 27.5. The van der Waals surface area contributed by atoms with Gasteiger partial charge in [-0.1, -0.05) is 55.5 Å². The Morgan fingerprint density at radius 3 is 2.38 bits per heavy atom. The minimum absolute atomic E-state index is 0.0813. The third-order valence-corrected chi connectivity index (χ3v) is 6.49. The number of aromatic hydroxyl groups is 1. The molecule has 7 heteroatoms. The molecule has 0 fully saturated rings. The van der Waals surface area contributed by atoms with Crippen LogP contribution in [0.2, 0.25) is 0 Å². The lowest BCUT2D eigenvalue weighted by molar-refractivity contribution is -0.140. The van der Waals surface area contributed by atoms with Crippen LogP contribution < -0.4 is 5.32 Å². The zero-order chi connectivity index (χ0) is 24.8. The van der Waals surface area contributed by atoms with E-state index < -0.39 is 41.2 Å².